The largest absolute Gasteiger partial charge is 1.00 e. The summed E-state index contributed by atoms with van der Waals surface area (Å²) in [5, 5.41) is 29.1. The lowest BCUT2D eigenvalue weighted by Gasteiger charge is -2.34. The first kappa shape index (κ1) is 13.5. The average molecular weight is 267 g/mol. The standard InChI is InChI=1S/C11H12N3O5/c1-2-11(18)6(5-15)19-9(8(11)16)14-4-3-7(12)13-10(14)17/h1,3-4,8-9,15-16,18H,5H2,(H2,12,13,17)/q-1/p+1/t8-,9+,11+/m0/s1. The van der Waals surface area contributed by atoms with Crippen LogP contribution < -0.4 is 11.4 Å². The molecule has 0 aliphatic carbocycles. The monoisotopic (exact) mass is 267 g/mol. The molecule has 0 spiro atoms. The van der Waals surface area contributed by atoms with Crippen LogP contribution in [0.5, 0.6) is 0 Å². The van der Waals surface area contributed by atoms with Crippen molar-refractivity contribution >= 4 is 5.82 Å². The highest BCUT2D eigenvalue weighted by molar-refractivity contribution is 5.28. The summed E-state index contributed by atoms with van der Waals surface area (Å²) in [5.74, 6) is 1.95. The summed E-state index contributed by atoms with van der Waals surface area (Å²) in [5.41, 5.74) is 2.40. The van der Waals surface area contributed by atoms with E-state index in [-0.39, 0.29) is 13.3 Å². The smallest absolute Gasteiger partial charge is 0.523 e. The number of aliphatic hydroxyl groups is 3. The molecule has 19 heavy (non-hydrogen) atoms. The van der Waals surface area contributed by atoms with Gasteiger partial charge in [0, 0.05) is 6.20 Å². The first-order chi connectivity index (χ1) is 8.93. The van der Waals surface area contributed by atoms with Crippen LogP contribution in [0.3, 0.4) is 0 Å². The minimum absolute atomic E-state index is 0. The van der Waals surface area contributed by atoms with Crippen LogP contribution in [0.15, 0.2) is 17.1 Å². The molecule has 0 unspecified atom stereocenters. The van der Waals surface area contributed by atoms with Gasteiger partial charge in [-0.05, 0) is 6.07 Å². The van der Waals surface area contributed by atoms with Gasteiger partial charge in [0.15, 0.2) is 0 Å². The molecule has 0 saturated carbocycles. The Morgan fingerprint density at radius 3 is 2.95 bits per heavy atom. The van der Waals surface area contributed by atoms with Gasteiger partial charge in [0.2, 0.25) is 0 Å². The number of nitrogens with zero attached hydrogens (tertiary/aromatic N) is 2. The topological polar surface area (TPSA) is 131 Å². The Kier molecular flexibility index (Phi) is 3.30. The van der Waals surface area contributed by atoms with Crippen LogP contribution in [0.4, 0.5) is 5.82 Å². The Hall–Kier alpha value is -1.92. The Labute approximate surface area is 109 Å². The lowest BCUT2D eigenvalue weighted by Crippen LogP contribution is -2.45. The minimum Gasteiger partial charge on any atom is -0.523 e. The van der Waals surface area contributed by atoms with Crippen LogP contribution in [-0.2, 0) is 4.74 Å². The van der Waals surface area contributed by atoms with Crippen molar-refractivity contribution in [2.75, 3.05) is 12.3 Å². The van der Waals surface area contributed by atoms with Crippen molar-refractivity contribution in [2.45, 2.75) is 17.9 Å². The number of aromatic nitrogens is 2. The summed E-state index contributed by atoms with van der Waals surface area (Å²) >= 11 is 0. The fourth-order valence-electron chi connectivity index (χ4n) is 1.82. The van der Waals surface area contributed by atoms with Crippen molar-refractivity contribution < 1.29 is 21.5 Å². The molecule has 8 nitrogen and oxygen atoms in total. The molecule has 1 aliphatic rings. The molecular weight excluding hydrogens is 254 g/mol. The second-order valence-electron chi connectivity index (χ2n) is 3.99. The van der Waals surface area contributed by atoms with Crippen LogP contribution in [0, 0.1) is 18.4 Å². The highest BCUT2D eigenvalue weighted by Gasteiger charge is 2.45. The zero-order chi connectivity index (χ0) is 14.2. The number of nitrogens with two attached hydrogens (primary N) is 1. The second-order valence-corrected chi connectivity index (χ2v) is 3.99. The lowest BCUT2D eigenvalue weighted by molar-refractivity contribution is -0.0354. The summed E-state index contributed by atoms with van der Waals surface area (Å²) in [6.07, 6.45) is 3.16. The molecule has 0 amide bonds. The van der Waals surface area contributed by atoms with Crippen molar-refractivity contribution in [3.05, 3.63) is 28.9 Å². The highest BCUT2D eigenvalue weighted by atomic mass is 16.6. The van der Waals surface area contributed by atoms with E-state index >= 15 is 0 Å². The molecule has 0 bridgehead atoms. The molecular formula is C11H13N3O5. The van der Waals surface area contributed by atoms with E-state index < -0.39 is 30.2 Å². The van der Waals surface area contributed by atoms with Crippen molar-refractivity contribution in [1.29, 1.82) is 0 Å². The van der Waals surface area contributed by atoms with Gasteiger partial charge in [-0.15, -0.1) is 18.4 Å². The van der Waals surface area contributed by atoms with Gasteiger partial charge in [-0.3, -0.25) is 4.57 Å². The molecule has 1 aromatic heterocycles. The van der Waals surface area contributed by atoms with Gasteiger partial charge in [0.1, 0.15) is 18.1 Å². The third-order valence-electron chi connectivity index (χ3n) is 2.88. The lowest BCUT2D eigenvalue weighted by atomic mass is 9.93. The van der Waals surface area contributed by atoms with E-state index in [4.69, 9.17) is 22.0 Å². The molecule has 1 fully saturated rings. The number of anilines is 1. The Morgan fingerprint density at radius 2 is 2.47 bits per heavy atom. The third-order valence-corrected chi connectivity index (χ3v) is 2.88. The van der Waals surface area contributed by atoms with Crippen LogP contribution >= 0.6 is 0 Å². The summed E-state index contributed by atoms with van der Waals surface area (Å²) in [6.45, 7) is -0.689. The van der Waals surface area contributed by atoms with E-state index in [0.717, 1.165) is 4.57 Å². The number of terminal acetylenes is 1. The quantitative estimate of drug-likeness (QED) is 0.350. The van der Waals surface area contributed by atoms with Gasteiger partial charge in [-0.25, -0.2) is 4.79 Å². The highest BCUT2D eigenvalue weighted by Crippen LogP contribution is 2.40. The number of rotatable bonds is 2. The zero-order valence-electron chi connectivity index (χ0n) is 10.7. The van der Waals surface area contributed by atoms with Crippen molar-refractivity contribution in [3.8, 4) is 12.3 Å². The average Bonchev–Trinajstić information content (AvgIpc) is 2.63. The number of nitrogen functional groups attached to an aromatic ring is 1. The minimum atomic E-state index is -2.17. The molecule has 0 radical (unpaired) electrons. The number of hydrogen-bond acceptors (Lipinski definition) is 7. The van der Waals surface area contributed by atoms with E-state index in [1.165, 1.54) is 12.3 Å². The van der Waals surface area contributed by atoms with E-state index in [0.29, 0.717) is 0 Å². The van der Waals surface area contributed by atoms with E-state index in [1.54, 1.807) is 0 Å². The van der Waals surface area contributed by atoms with Crippen molar-refractivity contribution in [2.24, 2.45) is 0 Å². The SMILES string of the molecule is C#C[C@@]1(O)[C-](CO)O[C@@H](n2ccc(N)nc2=O)[C@@H]1O.[H+]. The van der Waals surface area contributed by atoms with Gasteiger partial charge in [-0.1, -0.05) is 6.61 Å². The summed E-state index contributed by atoms with van der Waals surface area (Å²) in [7, 11) is 0. The Balaban J connectivity index is 0.00000200. The van der Waals surface area contributed by atoms with Crippen LogP contribution in [0.25, 0.3) is 0 Å². The van der Waals surface area contributed by atoms with Gasteiger partial charge < -0.3 is 25.8 Å². The maximum Gasteiger partial charge on any atom is 1.00 e. The van der Waals surface area contributed by atoms with Crippen LogP contribution in [0.2, 0.25) is 0 Å². The molecule has 2 heterocycles. The van der Waals surface area contributed by atoms with Crippen molar-refractivity contribution in [1.82, 2.24) is 9.55 Å². The van der Waals surface area contributed by atoms with Gasteiger partial charge in [0.05, 0.1) is 5.60 Å². The summed E-state index contributed by atoms with van der Waals surface area (Å²) in [4.78, 5) is 15.1. The molecule has 1 aromatic rings. The predicted octanol–water partition coefficient (Wildman–Crippen LogP) is -2.28. The molecule has 8 heteroatoms. The molecule has 2 rings (SSSR count). The predicted molar refractivity (Wildman–Crippen MR) is 64.3 cm³/mol. The number of aliphatic hydroxyl groups excluding tert-OH is 2. The van der Waals surface area contributed by atoms with Crippen LogP contribution in [0.1, 0.15) is 7.65 Å². The Morgan fingerprint density at radius 1 is 1.79 bits per heavy atom. The molecule has 3 atom stereocenters. The zero-order valence-corrected chi connectivity index (χ0v) is 9.72. The fraction of sp³-hybridized carbons (Fsp3) is 0.364. The number of hydrogen-bond donors (Lipinski definition) is 4. The third kappa shape index (κ3) is 1.98. The van der Waals surface area contributed by atoms with E-state index in [2.05, 4.69) is 4.98 Å². The maximum absolute atomic E-state index is 11.6. The summed E-state index contributed by atoms with van der Waals surface area (Å²) < 4.78 is 6.07. The molecule has 1 saturated heterocycles. The molecule has 1 aliphatic heterocycles. The van der Waals surface area contributed by atoms with E-state index in [1.807, 2.05) is 5.92 Å². The number of ether oxygens (including phenoxy) is 1. The van der Waals surface area contributed by atoms with Gasteiger partial charge in [0.25, 0.3) is 0 Å². The first-order valence-corrected chi connectivity index (χ1v) is 5.30. The first-order valence-electron chi connectivity index (χ1n) is 5.30. The molecule has 0 aromatic carbocycles. The maximum atomic E-state index is 11.6. The van der Waals surface area contributed by atoms with E-state index in [9.17, 15) is 15.0 Å². The second kappa shape index (κ2) is 4.64. The molecule has 5 N–H and O–H groups in total. The van der Waals surface area contributed by atoms with Gasteiger partial charge >= 0.3 is 7.12 Å². The van der Waals surface area contributed by atoms with Crippen molar-refractivity contribution in [3.63, 3.8) is 0 Å². The summed E-state index contributed by atoms with van der Waals surface area (Å²) in [6, 6.07) is 1.32. The van der Waals surface area contributed by atoms with Gasteiger partial charge in [-0.2, -0.15) is 4.98 Å². The Bertz CT molecular complexity index is 586. The molecule has 102 valence electrons. The van der Waals surface area contributed by atoms with Crippen LogP contribution in [-0.4, -0.2) is 43.2 Å². The normalized spacial score (nSPS) is 31.3. The fourth-order valence-corrected chi connectivity index (χ4v) is 1.82.